The average Bonchev–Trinajstić information content (AvgIpc) is 2.76. The molecule has 0 radical (unpaired) electrons. The third kappa shape index (κ3) is 7.45. The van der Waals surface area contributed by atoms with Gasteiger partial charge in [0.25, 0.3) is 15.9 Å². The van der Waals surface area contributed by atoms with Crippen molar-refractivity contribution in [2.75, 3.05) is 24.4 Å². The fourth-order valence-corrected chi connectivity index (χ4v) is 4.59. The van der Waals surface area contributed by atoms with Crippen molar-refractivity contribution < 1.29 is 13.2 Å². The Hall–Kier alpha value is -3.07. The van der Waals surface area contributed by atoms with Crippen LogP contribution in [0.2, 0.25) is 0 Å². The van der Waals surface area contributed by atoms with Crippen molar-refractivity contribution in [1.29, 1.82) is 0 Å². The van der Waals surface area contributed by atoms with E-state index in [0.717, 1.165) is 11.1 Å². The van der Waals surface area contributed by atoms with Gasteiger partial charge in [0.05, 0.1) is 10.6 Å². The minimum atomic E-state index is -3.82. The number of nitrogens with zero attached hydrogens (tertiary/aromatic N) is 2. The van der Waals surface area contributed by atoms with E-state index in [1.165, 1.54) is 11.4 Å². The van der Waals surface area contributed by atoms with Gasteiger partial charge in [-0.25, -0.2) is 8.42 Å². The number of nitrogens with two attached hydrogens (primary N) is 2. The van der Waals surface area contributed by atoms with Crippen LogP contribution in [0, 0.1) is 0 Å². The molecule has 8 nitrogen and oxygen atoms in total. The van der Waals surface area contributed by atoms with Gasteiger partial charge in [0, 0.05) is 25.7 Å². The zero-order valence-corrected chi connectivity index (χ0v) is 22.7. The van der Waals surface area contributed by atoms with Crippen LogP contribution in [0.15, 0.2) is 52.4 Å². The standard InChI is InChI=1S/C26H39N5O3S/c1-25(2,3)19-15-20(26(4,5)6)17-22(16-19)35(33,34)31(7)21-11-9-18(10-12-21)23(32)29-13-8-14-30-24(27)28/h9-12,15-17H,8,13-14H2,1-7H3,(H,29,32)(H4,27,28,30). The Kier molecular flexibility index (Phi) is 8.60. The zero-order valence-electron chi connectivity index (χ0n) is 21.8. The summed E-state index contributed by atoms with van der Waals surface area (Å²) in [5.41, 5.74) is 13.0. The molecule has 1 amide bonds. The van der Waals surface area contributed by atoms with Crippen molar-refractivity contribution in [3.05, 3.63) is 59.2 Å². The lowest BCUT2D eigenvalue weighted by Crippen LogP contribution is -2.28. The minimum absolute atomic E-state index is 0.0192. The second-order valence-electron chi connectivity index (χ2n) is 10.7. The Morgan fingerprint density at radius 3 is 1.91 bits per heavy atom. The third-order valence-electron chi connectivity index (χ3n) is 5.70. The number of carbonyl (C=O) groups excluding carboxylic acids is 1. The van der Waals surface area contributed by atoms with Gasteiger partial charge in [0.15, 0.2) is 5.96 Å². The molecule has 0 heterocycles. The fraction of sp³-hybridized carbons (Fsp3) is 0.462. The van der Waals surface area contributed by atoms with Crippen molar-refractivity contribution in [2.24, 2.45) is 16.5 Å². The van der Waals surface area contributed by atoms with Gasteiger partial charge in [-0.1, -0.05) is 47.6 Å². The van der Waals surface area contributed by atoms with E-state index >= 15 is 0 Å². The summed E-state index contributed by atoms with van der Waals surface area (Å²) in [5.74, 6) is -0.231. The van der Waals surface area contributed by atoms with E-state index < -0.39 is 10.0 Å². The monoisotopic (exact) mass is 501 g/mol. The van der Waals surface area contributed by atoms with Gasteiger partial charge in [0.1, 0.15) is 0 Å². The van der Waals surface area contributed by atoms with E-state index in [9.17, 15) is 13.2 Å². The second-order valence-corrected chi connectivity index (χ2v) is 12.7. The first-order valence-corrected chi connectivity index (χ1v) is 13.1. The number of rotatable bonds is 8. The van der Waals surface area contributed by atoms with Crippen LogP contribution < -0.4 is 21.1 Å². The summed E-state index contributed by atoms with van der Waals surface area (Å²) in [7, 11) is -2.30. The molecule has 0 fully saturated rings. The summed E-state index contributed by atoms with van der Waals surface area (Å²) in [6.45, 7) is 13.3. The predicted molar refractivity (Wildman–Crippen MR) is 143 cm³/mol. The number of carbonyl (C=O) groups is 1. The van der Waals surface area contributed by atoms with E-state index in [1.54, 1.807) is 36.4 Å². The van der Waals surface area contributed by atoms with E-state index in [0.29, 0.717) is 30.8 Å². The molecule has 0 atom stereocenters. The topological polar surface area (TPSA) is 131 Å². The zero-order chi connectivity index (χ0) is 26.6. The van der Waals surface area contributed by atoms with Gasteiger partial charge in [-0.2, -0.15) is 0 Å². The molecular weight excluding hydrogens is 462 g/mol. The van der Waals surface area contributed by atoms with Gasteiger partial charge < -0.3 is 16.8 Å². The number of hydrogen-bond donors (Lipinski definition) is 3. The van der Waals surface area contributed by atoms with Crippen LogP contribution >= 0.6 is 0 Å². The SMILES string of the molecule is CN(c1ccc(C(=O)NCCCN=C(N)N)cc1)S(=O)(=O)c1cc(C(C)(C)C)cc(C(C)(C)C)c1. The highest BCUT2D eigenvalue weighted by Gasteiger charge is 2.27. The Balaban J connectivity index is 2.26. The highest BCUT2D eigenvalue weighted by molar-refractivity contribution is 7.92. The number of guanidine groups is 1. The number of aliphatic imine (C=N–C) groups is 1. The van der Waals surface area contributed by atoms with Crippen molar-refractivity contribution >= 4 is 27.6 Å². The lowest BCUT2D eigenvalue weighted by Gasteiger charge is -2.27. The van der Waals surface area contributed by atoms with E-state index in [4.69, 9.17) is 11.5 Å². The van der Waals surface area contributed by atoms with Crippen molar-refractivity contribution in [1.82, 2.24) is 5.32 Å². The lowest BCUT2D eigenvalue weighted by molar-refractivity contribution is 0.0953. The number of sulfonamides is 1. The normalized spacial score (nSPS) is 12.2. The molecule has 0 aliphatic rings. The molecule has 2 rings (SSSR count). The number of amides is 1. The van der Waals surface area contributed by atoms with Crippen molar-refractivity contribution in [3.8, 4) is 0 Å². The van der Waals surface area contributed by atoms with E-state index in [1.807, 2.05) is 0 Å². The van der Waals surface area contributed by atoms with Gasteiger partial charge in [-0.15, -0.1) is 0 Å². The Morgan fingerprint density at radius 2 is 1.46 bits per heavy atom. The summed E-state index contributed by atoms with van der Waals surface area (Å²) < 4.78 is 28.4. The second kappa shape index (κ2) is 10.7. The summed E-state index contributed by atoms with van der Waals surface area (Å²) in [4.78, 5) is 16.5. The smallest absolute Gasteiger partial charge is 0.264 e. The molecule has 0 aliphatic carbocycles. The van der Waals surface area contributed by atoms with E-state index in [2.05, 4.69) is 57.9 Å². The molecule has 0 spiro atoms. The first-order chi connectivity index (χ1) is 16.0. The predicted octanol–water partition coefficient (Wildman–Crippen LogP) is 3.50. The summed E-state index contributed by atoms with van der Waals surface area (Å²) >= 11 is 0. The molecular formula is C26H39N5O3S. The van der Waals surface area contributed by atoms with Crippen LogP contribution in [-0.2, 0) is 20.9 Å². The molecule has 192 valence electrons. The van der Waals surface area contributed by atoms with Crippen molar-refractivity contribution in [3.63, 3.8) is 0 Å². The van der Waals surface area contributed by atoms with Crippen LogP contribution in [-0.4, -0.2) is 40.4 Å². The molecule has 0 unspecified atom stereocenters. The summed E-state index contributed by atoms with van der Waals surface area (Å²) in [5, 5.41) is 2.80. The summed E-state index contributed by atoms with van der Waals surface area (Å²) in [6, 6.07) is 12.1. The lowest BCUT2D eigenvalue weighted by atomic mass is 9.81. The number of hydrogen-bond acceptors (Lipinski definition) is 4. The average molecular weight is 502 g/mol. The molecule has 0 bridgehead atoms. The Labute approximate surface area is 209 Å². The fourth-order valence-electron chi connectivity index (χ4n) is 3.32. The Morgan fingerprint density at radius 1 is 0.943 bits per heavy atom. The Bertz CT molecular complexity index is 1140. The van der Waals surface area contributed by atoms with Gasteiger partial charge in [0.2, 0.25) is 0 Å². The molecule has 0 aromatic heterocycles. The van der Waals surface area contributed by atoms with Crippen LogP contribution in [0.4, 0.5) is 5.69 Å². The molecule has 9 heteroatoms. The molecule has 2 aromatic rings. The third-order valence-corrected chi connectivity index (χ3v) is 7.47. The van der Waals surface area contributed by atoms with Crippen molar-refractivity contribution in [2.45, 2.75) is 63.7 Å². The van der Waals surface area contributed by atoms with E-state index in [-0.39, 0.29) is 27.6 Å². The molecule has 0 saturated heterocycles. The molecule has 0 saturated carbocycles. The van der Waals surface area contributed by atoms with Gasteiger partial charge >= 0.3 is 0 Å². The largest absolute Gasteiger partial charge is 0.370 e. The van der Waals surface area contributed by atoms with Crippen LogP contribution in [0.3, 0.4) is 0 Å². The molecule has 0 aliphatic heterocycles. The first-order valence-electron chi connectivity index (χ1n) is 11.6. The maximum Gasteiger partial charge on any atom is 0.264 e. The maximum absolute atomic E-state index is 13.6. The highest BCUT2D eigenvalue weighted by atomic mass is 32.2. The van der Waals surface area contributed by atoms with Crippen LogP contribution in [0.5, 0.6) is 0 Å². The first kappa shape index (κ1) is 28.2. The number of anilines is 1. The maximum atomic E-state index is 13.6. The number of benzene rings is 2. The van der Waals surface area contributed by atoms with Crippen LogP contribution in [0.1, 0.15) is 69.4 Å². The molecule has 35 heavy (non-hydrogen) atoms. The number of nitrogens with one attached hydrogen (secondary N) is 1. The van der Waals surface area contributed by atoms with Crippen LogP contribution in [0.25, 0.3) is 0 Å². The molecule has 2 aromatic carbocycles. The van der Waals surface area contributed by atoms with Gasteiger partial charge in [-0.3, -0.25) is 14.1 Å². The highest BCUT2D eigenvalue weighted by Crippen LogP contribution is 2.33. The summed E-state index contributed by atoms with van der Waals surface area (Å²) in [6.07, 6.45) is 0.604. The quantitative estimate of drug-likeness (QED) is 0.289. The minimum Gasteiger partial charge on any atom is -0.370 e. The van der Waals surface area contributed by atoms with Gasteiger partial charge in [-0.05, 0) is 64.8 Å². The molecule has 5 N–H and O–H groups in total.